The first kappa shape index (κ1) is 15.1. The van der Waals surface area contributed by atoms with Gasteiger partial charge in [-0.2, -0.15) is 0 Å². The van der Waals surface area contributed by atoms with Crippen molar-refractivity contribution in [3.05, 3.63) is 36.0 Å². The van der Waals surface area contributed by atoms with Crippen LogP contribution in [0, 0.1) is 5.92 Å². The molecular formula is C17H22N2O3. The summed E-state index contributed by atoms with van der Waals surface area (Å²) in [5.74, 6) is 0.498. The number of fused-ring (bicyclic) bond motifs is 1. The van der Waals surface area contributed by atoms with Gasteiger partial charge in [0, 0.05) is 31.1 Å². The predicted molar refractivity (Wildman–Crippen MR) is 84.8 cm³/mol. The van der Waals surface area contributed by atoms with Crippen LogP contribution >= 0.6 is 0 Å². The van der Waals surface area contributed by atoms with Crippen LogP contribution in [-0.4, -0.2) is 41.4 Å². The molecule has 1 aromatic carbocycles. The van der Waals surface area contributed by atoms with Gasteiger partial charge in [-0.05, 0) is 30.9 Å². The Hall–Kier alpha value is -1.85. The fourth-order valence-electron chi connectivity index (χ4n) is 2.52. The smallest absolute Gasteiger partial charge is 0.268 e. The van der Waals surface area contributed by atoms with Gasteiger partial charge >= 0.3 is 0 Å². The summed E-state index contributed by atoms with van der Waals surface area (Å²) in [6.07, 6.45) is 1.79. The molecule has 1 aliphatic carbocycles. The van der Waals surface area contributed by atoms with Crippen LogP contribution in [0.15, 0.2) is 30.3 Å². The van der Waals surface area contributed by atoms with Gasteiger partial charge in [0.05, 0.1) is 12.7 Å². The van der Waals surface area contributed by atoms with Gasteiger partial charge in [-0.1, -0.05) is 18.2 Å². The lowest BCUT2D eigenvalue weighted by molar-refractivity contribution is 0.0320. The molecular weight excluding hydrogens is 280 g/mol. The Morgan fingerprint density at radius 1 is 1.45 bits per heavy atom. The molecule has 0 saturated heterocycles. The average molecular weight is 302 g/mol. The number of aliphatic hydroxyl groups excluding tert-OH is 1. The number of nitrogens with zero attached hydrogens (tertiary/aromatic N) is 1. The van der Waals surface area contributed by atoms with E-state index in [1.54, 1.807) is 0 Å². The summed E-state index contributed by atoms with van der Waals surface area (Å²) in [6.45, 7) is 1.19. The molecule has 1 aromatic heterocycles. The van der Waals surface area contributed by atoms with Crippen molar-refractivity contribution in [2.45, 2.75) is 18.9 Å². The third-order valence-corrected chi connectivity index (χ3v) is 4.04. The number of hydrogen-bond donors (Lipinski definition) is 2. The minimum Gasteiger partial charge on any atom is -0.389 e. The number of para-hydroxylation sites is 1. The van der Waals surface area contributed by atoms with Crippen molar-refractivity contribution in [2.24, 2.45) is 13.0 Å². The van der Waals surface area contributed by atoms with Crippen molar-refractivity contribution in [1.82, 2.24) is 9.88 Å². The van der Waals surface area contributed by atoms with Crippen LogP contribution in [0.2, 0.25) is 0 Å². The quantitative estimate of drug-likeness (QED) is 0.818. The molecule has 0 aliphatic heterocycles. The highest BCUT2D eigenvalue weighted by molar-refractivity contribution is 5.98. The molecule has 0 radical (unpaired) electrons. The monoisotopic (exact) mass is 302 g/mol. The second kappa shape index (κ2) is 6.50. The summed E-state index contributed by atoms with van der Waals surface area (Å²) in [5.41, 5.74) is 1.60. The van der Waals surface area contributed by atoms with Gasteiger partial charge in [0.1, 0.15) is 5.69 Å². The third-order valence-electron chi connectivity index (χ3n) is 4.04. The maximum absolute atomic E-state index is 12.2. The van der Waals surface area contributed by atoms with Gasteiger partial charge in [-0.15, -0.1) is 0 Å². The summed E-state index contributed by atoms with van der Waals surface area (Å²) in [5, 5.41) is 13.6. The van der Waals surface area contributed by atoms with Crippen LogP contribution in [0.4, 0.5) is 0 Å². The lowest BCUT2D eigenvalue weighted by atomic mass is 10.2. The van der Waals surface area contributed by atoms with E-state index in [2.05, 4.69) is 5.32 Å². The zero-order valence-corrected chi connectivity index (χ0v) is 12.8. The van der Waals surface area contributed by atoms with Crippen molar-refractivity contribution in [1.29, 1.82) is 0 Å². The molecule has 1 aliphatic rings. The number of aryl methyl sites for hydroxylation is 1. The number of aliphatic hydroxyl groups is 1. The standard InChI is InChI=1S/C17H22N2O3/c1-19-15-5-3-2-4-13(15)8-16(19)17(21)18-9-14(20)11-22-10-12-6-7-12/h2-5,8,12,14,20H,6-7,9-11H2,1H3,(H,18,21). The molecule has 22 heavy (non-hydrogen) atoms. The summed E-state index contributed by atoms with van der Waals surface area (Å²) >= 11 is 0. The van der Waals surface area contributed by atoms with Gasteiger partial charge in [0.2, 0.25) is 0 Å². The fourth-order valence-corrected chi connectivity index (χ4v) is 2.52. The number of ether oxygens (including phenoxy) is 1. The Balaban J connectivity index is 1.52. The molecule has 118 valence electrons. The zero-order valence-electron chi connectivity index (χ0n) is 12.8. The first-order valence-corrected chi connectivity index (χ1v) is 7.73. The number of hydrogen-bond acceptors (Lipinski definition) is 3. The molecule has 2 aromatic rings. The van der Waals surface area contributed by atoms with Crippen molar-refractivity contribution >= 4 is 16.8 Å². The van der Waals surface area contributed by atoms with E-state index in [1.165, 1.54) is 12.8 Å². The zero-order chi connectivity index (χ0) is 15.5. The van der Waals surface area contributed by atoms with Crippen LogP contribution in [0.3, 0.4) is 0 Å². The van der Waals surface area contributed by atoms with Crippen LogP contribution in [-0.2, 0) is 11.8 Å². The van der Waals surface area contributed by atoms with Gasteiger partial charge in [-0.25, -0.2) is 0 Å². The minimum atomic E-state index is -0.669. The summed E-state index contributed by atoms with van der Waals surface area (Å²) in [6, 6.07) is 9.72. The van der Waals surface area contributed by atoms with Crippen molar-refractivity contribution in [2.75, 3.05) is 19.8 Å². The summed E-state index contributed by atoms with van der Waals surface area (Å²) < 4.78 is 7.28. The highest BCUT2D eigenvalue weighted by Gasteiger charge is 2.21. The molecule has 5 nitrogen and oxygen atoms in total. The Morgan fingerprint density at radius 3 is 2.95 bits per heavy atom. The highest BCUT2D eigenvalue weighted by Crippen LogP contribution is 2.28. The van der Waals surface area contributed by atoms with E-state index in [0.717, 1.165) is 10.9 Å². The van der Waals surface area contributed by atoms with Gasteiger partial charge < -0.3 is 19.7 Å². The molecule has 0 bridgehead atoms. The number of carbonyl (C=O) groups is 1. The Labute approximate surface area is 129 Å². The topological polar surface area (TPSA) is 63.5 Å². The van der Waals surface area contributed by atoms with Crippen LogP contribution in [0.25, 0.3) is 10.9 Å². The molecule has 0 spiro atoms. The molecule has 3 rings (SSSR count). The van der Waals surface area contributed by atoms with Crippen LogP contribution in [0.1, 0.15) is 23.3 Å². The molecule has 1 saturated carbocycles. The highest BCUT2D eigenvalue weighted by atomic mass is 16.5. The molecule has 1 heterocycles. The first-order chi connectivity index (χ1) is 10.6. The molecule has 5 heteroatoms. The number of benzene rings is 1. The molecule has 1 unspecified atom stereocenters. The van der Waals surface area contributed by atoms with Gasteiger partial charge in [0.25, 0.3) is 5.91 Å². The van der Waals surface area contributed by atoms with Crippen LogP contribution < -0.4 is 5.32 Å². The van der Waals surface area contributed by atoms with E-state index in [0.29, 0.717) is 18.2 Å². The molecule has 1 atom stereocenters. The molecule has 2 N–H and O–H groups in total. The SMILES string of the molecule is Cn1c(C(=O)NCC(O)COCC2CC2)cc2ccccc21. The summed E-state index contributed by atoms with van der Waals surface area (Å²) in [4.78, 5) is 12.2. The maximum Gasteiger partial charge on any atom is 0.268 e. The van der Waals surface area contributed by atoms with Crippen molar-refractivity contribution < 1.29 is 14.6 Å². The lowest BCUT2D eigenvalue weighted by Crippen LogP contribution is -2.35. The lowest BCUT2D eigenvalue weighted by Gasteiger charge is -2.12. The Bertz CT molecular complexity index is 661. The number of amides is 1. The fraction of sp³-hybridized carbons (Fsp3) is 0.471. The van der Waals surface area contributed by atoms with Gasteiger partial charge in [0.15, 0.2) is 0 Å². The number of nitrogens with one attached hydrogen (secondary N) is 1. The maximum atomic E-state index is 12.2. The predicted octanol–water partition coefficient (Wildman–Crippen LogP) is 1.70. The van der Waals surface area contributed by atoms with Crippen molar-refractivity contribution in [3.63, 3.8) is 0 Å². The number of carbonyl (C=O) groups excluding carboxylic acids is 1. The second-order valence-corrected chi connectivity index (χ2v) is 5.99. The average Bonchev–Trinajstić information content (AvgIpc) is 3.28. The third kappa shape index (κ3) is 3.48. The van der Waals surface area contributed by atoms with Gasteiger partial charge in [-0.3, -0.25) is 4.79 Å². The van der Waals surface area contributed by atoms with E-state index >= 15 is 0 Å². The minimum absolute atomic E-state index is 0.181. The summed E-state index contributed by atoms with van der Waals surface area (Å²) in [7, 11) is 1.87. The number of aromatic nitrogens is 1. The Kier molecular flexibility index (Phi) is 4.45. The van der Waals surface area contributed by atoms with E-state index in [9.17, 15) is 9.90 Å². The second-order valence-electron chi connectivity index (χ2n) is 5.99. The molecule has 1 amide bonds. The van der Waals surface area contributed by atoms with E-state index in [1.807, 2.05) is 41.9 Å². The largest absolute Gasteiger partial charge is 0.389 e. The number of rotatable bonds is 7. The molecule has 1 fully saturated rings. The normalized spacial score (nSPS) is 15.9. The van der Waals surface area contributed by atoms with E-state index in [4.69, 9.17) is 4.74 Å². The Morgan fingerprint density at radius 2 is 2.23 bits per heavy atom. The van der Waals surface area contributed by atoms with Crippen LogP contribution in [0.5, 0.6) is 0 Å². The van der Waals surface area contributed by atoms with E-state index < -0.39 is 6.10 Å². The first-order valence-electron chi connectivity index (χ1n) is 7.73. The van der Waals surface area contributed by atoms with E-state index in [-0.39, 0.29) is 19.1 Å². The van der Waals surface area contributed by atoms with Crippen molar-refractivity contribution in [3.8, 4) is 0 Å².